The molecule has 3 rings (SSSR count). The fraction of sp³-hybridized carbons (Fsp3) is 0.692. The molecule has 1 aromatic rings. The predicted molar refractivity (Wildman–Crippen MR) is 72.4 cm³/mol. The van der Waals surface area contributed by atoms with Gasteiger partial charge >= 0.3 is 0 Å². The van der Waals surface area contributed by atoms with Crippen LogP contribution in [0.4, 0.5) is 5.82 Å². The van der Waals surface area contributed by atoms with Gasteiger partial charge < -0.3 is 4.90 Å². The molecule has 2 aliphatic rings. The quantitative estimate of drug-likeness (QED) is 0.799. The number of nitrogens with zero attached hydrogens (tertiary/aromatic N) is 3. The first-order chi connectivity index (χ1) is 8.28. The summed E-state index contributed by atoms with van der Waals surface area (Å²) in [6.45, 7) is 3.41. The second-order valence-electron chi connectivity index (χ2n) is 5.08. The highest BCUT2D eigenvalue weighted by atomic mass is 79.9. The van der Waals surface area contributed by atoms with Crippen LogP contribution in [0.3, 0.4) is 0 Å². The van der Waals surface area contributed by atoms with E-state index in [1.54, 1.807) is 0 Å². The molecule has 1 saturated heterocycles. The largest absolute Gasteiger partial charge is 0.354 e. The van der Waals surface area contributed by atoms with E-state index < -0.39 is 0 Å². The molecule has 0 spiro atoms. The highest BCUT2D eigenvalue weighted by molar-refractivity contribution is 9.10. The summed E-state index contributed by atoms with van der Waals surface area (Å²) in [6, 6.07) is 2.74. The fourth-order valence-electron chi connectivity index (χ4n) is 2.66. The average molecular weight is 296 g/mol. The van der Waals surface area contributed by atoms with E-state index in [1.807, 2.05) is 0 Å². The summed E-state index contributed by atoms with van der Waals surface area (Å²) in [4.78, 5) is 11.7. The van der Waals surface area contributed by atoms with Crippen LogP contribution < -0.4 is 4.90 Å². The van der Waals surface area contributed by atoms with Crippen LogP contribution in [0.5, 0.6) is 0 Å². The second-order valence-corrected chi connectivity index (χ2v) is 5.89. The summed E-state index contributed by atoms with van der Waals surface area (Å²) in [6.07, 6.45) is 6.32. The molecule has 2 fully saturated rings. The standard InChI is InChI=1S/C13H18BrN3/c1-2-10-4-3-7-17(10)12-8-11(14)15-13(16-12)9-5-6-9/h8-10H,2-7H2,1H3. The summed E-state index contributed by atoms with van der Waals surface area (Å²) in [5.41, 5.74) is 0. The molecule has 3 nitrogen and oxygen atoms in total. The Balaban J connectivity index is 1.90. The molecular formula is C13H18BrN3. The van der Waals surface area contributed by atoms with Crippen molar-refractivity contribution in [1.29, 1.82) is 0 Å². The van der Waals surface area contributed by atoms with Gasteiger partial charge in [0.25, 0.3) is 0 Å². The summed E-state index contributed by atoms with van der Waals surface area (Å²) in [5, 5.41) is 0. The average Bonchev–Trinajstić information content (AvgIpc) is 3.06. The molecule has 0 bridgehead atoms. The Morgan fingerprint density at radius 3 is 2.88 bits per heavy atom. The van der Waals surface area contributed by atoms with Crippen molar-refractivity contribution in [3.8, 4) is 0 Å². The Kier molecular flexibility index (Phi) is 3.07. The third-order valence-electron chi connectivity index (χ3n) is 3.78. The van der Waals surface area contributed by atoms with Crippen LogP contribution in [0.2, 0.25) is 0 Å². The van der Waals surface area contributed by atoms with Gasteiger partial charge in [0.2, 0.25) is 0 Å². The molecule has 2 heterocycles. The van der Waals surface area contributed by atoms with E-state index in [2.05, 4.69) is 38.8 Å². The van der Waals surface area contributed by atoms with E-state index in [1.165, 1.54) is 32.1 Å². The number of aromatic nitrogens is 2. The normalized spacial score (nSPS) is 24.4. The minimum atomic E-state index is 0.619. The van der Waals surface area contributed by atoms with E-state index in [4.69, 9.17) is 4.98 Å². The predicted octanol–water partition coefficient (Wildman–Crippen LogP) is 3.50. The summed E-state index contributed by atoms with van der Waals surface area (Å²) < 4.78 is 0.936. The molecule has 92 valence electrons. The molecule has 17 heavy (non-hydrogen) atoms. The van der Waals surface area contributed by atoms with Gasteiger partial charge in [0.15, 0.2) is 0 Å². The van der Waals surface area contributed by atoms with Crippen LogP contribution in [-0.2, 0) is 0 Å². The van der Waals surface area contributed by atoms with Crippen LogP contribution in [0, 0.1) is 0 Å². The first-order valence-electron chi connectivity index (χ1n) is 6.59. The molecule has 1 atom stereocenters. The first kappa shape index (κ1) is 11.5. The summed E-state index contributed by atoms with van der Waals surface area (Å²) in [7, 11) is 0. The van der Waals surface area contributed by atoms with Crippen molar-refractivity contribution in [2.75, 3.05) is 11.4 Å². The van der Waals surface area contributed by atoms with Gasteiger partial charge in [0, 0.05) is 24.6 Å². The lowest BCUT2D eigenvalue weighted by Gasteiger charge is -2.25. The van der Waals surface area contributed by atoms with Gasteiger partial charge in [0.05, 0.1) is 0 Å². The van der Waals surface area contributed by atoms with E-state index in [0.717, 1.165) is 22.8 Å². The summed E-state index contributed by atoms with van der Waals surface area (Å²) in [5.74, 6) is 2.78. The lowest BCUT2D eigenvalue weighted by Crippen LogP contribution is -2.29. The smallest absolute Gasteiger partial charge is 0.135 e. The molecule has 1 saturated carbocycles. The second kappa shape index (κ2) is 4.56. The number of halogens is 1. The Bertz CT molecular complexity index is 417. The van der Waals surface area contributed by atoms with Crippen molar-refractivity contribution in [1.82, 2.24) is 9.97 Å². The van der Waals surface area contributed by atoms with Crippen molar-refractivity contribution < 1.29 is 0 Å². The Morgan fingerprint density at radius 1 is 1.35 bits per heavy atom. The van der Waals surface area contributed by atoms with Crippen LogP contribution in [0.15, 0.2) is 10.7 Å². The third kappa shape index (κ3) is 2.32. The highest BCUT2D eigenvalue weighted by Crippen LogP contribution is 2.39. The maximum absolute atomic E-state index is 4.76. The molecule has 0 radical (unpaired) electrons. The van der Waals surface area contributed by atoms with Crippen molar-refractivity contribution in [2.24, 2.45) is 0 Å². The molecular weight excluding hydrogens is 278 g/mol. The molecule has 1 aromatic heterocycles. The van der Waals surface area contributed by atoms with Gasteiger partial charge in [-0.2, -0.15) is 0 Å². The van der Waals surface area contributed by atoms with Crippen LogP contribution in [0.25, 0.3) is 0 Å². The summed E-state index contributed by atoms with van der Waals surface area (Å²) >= 11 is 3.52. The Morgan fingerprint density at radius 2 is 2.18 bits per heavy atom. The fourth-order valence-corrected chi connectivity index (χ4v) is 3.04. The zero-order valence-corrected chi connectivity index (χ0v) is 11.8. The molecule has 0 aromatic carbocycles. The van der Waals surface area contributed by atoms with Gasteiger partial charge in [-0.05, 0) is 48.0 Å². The minimum absolute atomic E-state index is 0.619. The topological polar surface area (TPSA) is 29.0 Å². The molecule has 0 N–H and O–H groups in total. The Labute approximate surface area is 111 Å². The van der Waals surface area contributed by atoms with Gasteiger partial charge in [-0.3, -0.25) is 0 Å². The third-order valence-corrected chi connectivity index (χ3v) is 4.19. The van der Waals surface area contributed by atoms with Crippen LogP contribution in [-0.4, -0.2) is 22.6 Å². The molecule has 1 aliphatic carbocycles. The van der Waals surface area contributed by atoms with E-state index >= 15 is 0 Å². The first-order valence-corrected chi connectivity index (χ1v) is 7.38. The Hall–Kier alpha value is -0.640. The SMILES string of the molecule is CCC1CCCN1c1cc(Br)nc(C2CC2)n1. The highest BCUT2D eigenvalue weighted by Gasteiger charge is 2.29. The lowest BCUT2D eigenvalue weighted by atomic mass is 10.2. The van der Waals surface area contributed by atoms with E-state index in [-0.39, 0.29) is 0 Å². The van der Waals surface area contributed by atoms with E-state index in [0.29, 0.717) is 12.0 Å². The molecule has 4 heteroatoms. The monoisotopic (exact) mass is 295 g/mol. The maximum Gasteiger partial charge on any atom is 0.135 e. The number of anilines is 1. The zero-order chi connectivity index (χ0) is 11.8. The van der Waals surface area contributed by atoms with Crippen molar-refractivity contribution >= 4 is 21.7 Å². The van der Waals surface area contributed by atoms with Crippen molar-refractivity contribution in [2.45, 2.75) is 51.0 Å². The molecule has 0 amide bonds. The number of rotatable bonds is 3. The van der Waals surface area contributed by atoms with E-state index in [9.17, 15) is 0 Å². The number of hydrogen-bond donors (Lipinski definition) is 0. The number of hydrogen-bond acceptors (Lipinski definition) is 3. The van der Waals surface area contributed by atoms with Gasteiger partial charge in [-0.1, -0.05) is 6.92 Å². The van der Waals surface area contributed by atoms with Gasteiger partial charge in [-0.15, -0.1) is 0 Å². The van der Waals surface area contributed by atoms with Gasteiger partial charge in [-0.25, -0.2) is 9.97 Å². The van der Waals surface area contributed by atoms with Crippen LogP contribution >= 0.6 is 15.9 Å². The molecule has 1 unspecified atom stereocenters. The lowest BCUT2D eigenvalue weighted by molar-refractivity contribution is 0.638. The molecule has 1 aliphatic heterocycles. The van der Waals surface area contributed by atoms with Gasteiger partial charge in [0.1, 0.15) is 16.2 Å². The minimum Gasteiger partial charge on any atom is -0.354 e. The zero-order valence-electron chi connectivity index (χ0n) is 10.2. The maximum atomic E-state index is 4.76. The van der Waals surface area contributed by atoms with Crippen molar-refractivity contribution in [3.05, 3.63) is 16.5 Å². The van der Waals surface area contributed by atoms with Crippen molar-refractivity contribution in [3.63, 3.8) is 0 Å². The van der Waals surface area contributed by atoms with Crippen LogP contribution in [0.1, 0.15) is 50.8 Å².